The van der Waals surface area contributed by atoms with Gasteiger partial charge in [0.2, 0.25) is 11.9 Å². The van der Waals surface area contributed by atoms with Crippen molar-refractivity contribution in [3.63, 3.8) is 0 Å². The number of anilines is 2. The van der Waals surface area contributed by atoms with Gasteiger partial charge in [-0.15, -0.1) is 10.2 Å². The normalized spacial score (nSPS) is 14.2. The van der Waals surface area contributed by atoms with Crippen LogP contribution in [0.2, 0.25) is 0 Å². The lowest BCUT2D eigenvalue weighted by atomic mass is 10.1. The van der Waals surface area contributed by atoms with E-state index in [4.69, 9.17) is 13.9 Å². The number of furan rings is 1. The lowest BCUT2D eigenvalue weighted by Crippen LogP contribution is -2.37. The molecule has 2 aromatic heterocycles. The zero-order valence-electron chi connectivity index (χ0n) is 17.8. The van der Waals surface area contributed by atoms with Crippen LogP contribution < -0.4 is 15.0 Å². The molecule has 1 fully saturated rings. The molecule has 0 unspecified atom stereocenters. The van der Waals surface area contributed by atoms with Gasteiger partial charge in [-0.1, -0.05) is 30.0 Å². The first-order valence-corrected chi connectivity index (χ1v) is 11.3. The summed E-state index contributed by atoms with van der Waals surface area (Å²) in [4.78, 5) is 14.8. The minimum absolute atomic E-state index is 0.167. The third-order valence-corrected chi connectivity index (χ3v) is 6.43. The van der Waals surface area contributed by atoms with Gasteiger partial charge in [0.25, 0.3) is 0 Å². The molecule has 166 valence electrons. The van der Waals surface area contributed by atoms with Crippen molar-refractivity contribution >= 4 is 51.2 Å². The highest BCUT2D eigenvalue weighted by atomic mass is 32.2. The fraction of sp³-hybridized carbons (Fsp3) is 0.318. The zero-order valence-corrected chi connectivity index (χ0v) is 18.6. The van der Waals surface area contributed by atoms with Gasteiger partial charge in [0.05, 0.1) is 31.8 Å². The second-order valence-electron chi connectivity index (χ2n) is 7.42. The van der Waals surface area contributed by atoms with E-state index in [9.17, 15) is 4.79 Å². The number of thioether (sulfide) groups is 1. The minimum Gasteiger partial charge on any atom is -0.495 e. The summed E-state index contributed by atoms with van der Waals surface area (Å²) in [5.41, 5.74) is 2.05. The van der Waals surface area contributed by atoms with E-state index in [1.807, 2.05) is 41.9 Å². The Kier molecular flexibility index (Phi) is 5.62. The van der Waals surface area contributed by atoms with Gasteiger partial charge < -0.3 is 24.1 Å². The molecule has 0 saturated carbocycles. The summed E-state index contributed by atoms with van der Waals surface area (Å²) in [6, 6.07) is 11.5. The molecule has 4 aromatic rings. The number of nitrogens with one attached hydrogen (secondary N) is 1. The third-order valence-electron chi connectivity index (χ3n) is 5.41. The van der Waals surface area contributed by atoms with Crippen LogP contribution >= 0.6 is 11.8 Å². The van der Waals surface area contributed by atoms with Crippen molar-refractivity contribution < 1.29 is 18.7 Å². The number of methoxy groups -OCH3 is 1. The number of rotatable bonds is 6. The molecule has 10 heteroatoms. The molecular weight excluding hydrogens is 430 g/mol. The van der Waals surface area contributed by atoms with Gasteiger partial charge in [-0.3, -0.25) is 9.36 Å². The van der Waals surface area contributed by atoms with Crippen molar-refractivity contribution in [1.82, 2.24) is 14.8 Å². The molecule has 5 rings (SSSR count). The summed E-state index contributed by atoms with van der Waals surface area (Å²) >= 11 is 1.34. The number of fused-ring (bicyclic) bond motifs is 3. The van der Waals surface area contributed by atoms with Crippen LogP contribution in [0.3, 0.4) is 0 Å². The van der Waals surface area contributed by atoms with Crippen LogP contribution in [0, 0.1) is 0 Å². The highest BCUT2D eigenvalue weighted by Gasteiger charge is 2.20. The van der Waals surface area contributed by atoms with Crippen LogP contribution in [0.1, 0.15) is 0 Å². The number of benzene rings is 2. The molecule has 1 amide bonds. The Labute approximate surface area is 188 Å². The van der Waals surface area contributed by atoms with Crippen LogP contribution in [-0.2, 0) is 16.6 Å². The first-order valence-electron chi connectivity index (χ1n) is 10.3. The predicted molar refractivity (Wildman–Crippen MR) is 124 cm³/mol. The quantitative estimate of drug-likeness (QED) is 0.445. The summed E-state index contributed by atoms with van der Waals surface area (Å²) in [5, 5.41) is 14.1. The molecule has 0 bridgehead atoms. The number of para-hydroxylation sites is 1. The number of carbonyl (C=O) groups excluding carboxylic acids is 1. The SMILES string of the molecule is COc1cc2c(cc1NC(=O)CSc1nnc(N3CCOCC3)n1C)oc1ccccc12. The van der Waals surface area contributed by atoms with Crippen LogP contribution in [0.4, 0.5) is 11.6 Å². The topological polar surface area (TPSA) is 94.6 Å². The molecule has 0 atom stereocenters. The molecule has 3 heterocycles. The minimum atomic E-state index is -0.167. The van der Waals surface area contributed by atoms with E-state index >= 15 is 0 Å². The summed E-state index contributed by atoms with van der Waals surface area (Å²) in [6.07, 6.45) is 0. The molecule has 1 aliphatic heterocycles. The van der Waals surface area contributed by atoms with Crippen LogP contribution in [0.25, 0.3) is 21.9 Å². The third kappa shape index (κ3) is 3.87. The molecular formula is C22H23N5O4S. The smallest absolute Gasteiger partial charge is 0.234 e. The first-order chi connectivity index (χ1) is 15.6. The number of morpholine rings is 1. The maximum Gasteiger partial charge on any atom is 0.234 e. The maximum absolute atomic E-state index is 12.7. The lowest BCUT2D eigenvalue weighted by molar-refractivity contribution is -0.113. The van der Waals surface area contributed by atoms with Gasteiger partial charge >= 0.3 is 0 Å². The van der Waals surface area contributed by atoms with Crippen LogP contribution in [-0.4, -0.2) is 59.8 Å². The average molecular weight is 454 g/mol. The average Bonchev–Trinajstić information content (AvgIpc) is 3.37. The second kappa shape index (κ2) is 8.71. The molecule has 1 N–H and O–H groups in total. The number of aromatic nitrogens is 3. The summed E-state index contributed by atoms with van der Waals surface area (Å²) in [7, 11) is 3.49. The number of amides is 1. The van der Waals surface area contributed by atoms with E-state index in [0.29, 0.717) is 35.4 Å². The predicted octanol–water partition coefficient (Wildman–Crippen LogP) is 3.29. The van der Waals surface area contributed by atoms with Crippen molar-refractivity contribution in [2.24, 2.45) is 7.05 Å². The van der Waals surface area contributed by atoms with Crippen molar-refractivity contribution in [1.29, 1.82) is 0 Å². The van der Waals surface area contributed by atoms with E-state index in [2.05, 4.69) is 20.4 Å². The lowest BCUT2D eigenvalue weighted by Gasteiger charge is -2.27. The molecule has 1 saturated heterocycles. The van der Waals surface area contributed by atoms with Crippen molar-refractivity contribution in [3.8, 4) is 5.75 Å². The van der Waals surface area contributed by atoms with Crippen molar-refractivity contribution in [3.05, 3.63) is 36.4 Å². The Hall–Kier alpha value is -3.24. The number of nitrogens with zero attached hydrogens (tertiary/aromatic N) is 4. The van der Waals surface area contributed by atoms with E-state index in [0.717, 1.165) is 35.4 Å². The van der Waals surface area contributed by atoms with Gasteiger partial charge in [0.15, 0.2) is 5.16 Å². The first kappa shape index (κ1) is 20.7. The van der Waals surface area contributed by atoms with Gasteiger partial charge in [-0.2, -0.15) is 0 Å². The van der Waals surface area contributed by atoms with Gasteiger partial charge in [-0.05, 0) is 12.1 Å². The number of ether oxygens (including phenoxy) is 2. The van der Waals surface area contributed by atoms with Crippen molar-refractivity contribution in [2.45, 2.75) is 5.16 Å². The number of hydrogen-bond donors (Lipinski definition) is 1. The monoisotopic (exact) mass is 453 g/mol. The van der Waals surface area contributed by atoms with E-state index < -0.39 is 0 Å². The molecule has 0 spiro atoms. The Morgan fingerprint density at radius 2 is 1.97 bits per heavy atom. The molecule has 0 aliphatic carbocycles. The van der Waals surface area contributed by atoms with E-state index in [1.54, 1.807) is 13.2 Å². The van der Waals surface area contributed by atoms with Crippen LogP contribution in [0.15, 0.2) is 46.0 Å². The maximum atomic E-state index is 12.7. The fourth-order valence-corrected chi connectivity index (χ4v) is 4.51. The number of carbonyl (C=O) groups is 1. The van der Waals surface area contributed by atoms with Crippen LogP contribution in [0.5, 0.6) is 5.75 Å². The summed E-state index contributed by atoms with van der Waals surface area (Å²) in [5.74, 6) is 1.39. The molecule has 0 radical (unpaired) electrons. The molecule has 9 nitrogen and oxygen atoms in total. The summed E-state index contributed by atoms with van der Waals surface area (Å²) in [6.45, 7) is 2.91. The second-order valence-corrected chi connectivity index (χ2v) is 8.37. The zero-order chi connectivity index (χ0) is 22.1. The Balaban J connectivity index is 1.30. The molecule has 1 aliphatic rings. The van der Waals surface area contributed by atoms with Gasteiger partial charge in [0.1, 0.15) is 16.9 Å². The Morgan fingerprint density at radius 1 is 1.16 bits per heavy atom. The van der Waals surface area contributed by atoms with E-state index in [-0.39, 0.29) is 11.7 Å². The fourth-order valence-electron chi connectivity index (χ4n) is 3.81. The van der Waals surface area contributed by atoms with Gasteiger partial charge in [-0.25, -0.2) is 0 Å². The highest BCUT2D eigenvalue weighted by Crippen LogP contribution is 2.36. The standard InChI is InChI=1S/C22H23N5O4S/c1-26-21(27-7-9-30-10-8-27)24-25-22(26)32-13-20(28)23-16-12-18-15(11-19(16)29-2)14-5-3-4-6-17(14)31-18/h3-6,11-12H,7-10,13H2,1-2H3,(H,23,28). The molecule has 32 heavy (non-hydrogen) atoms. The number of hydrogen-bond acceptors (Lipinski definition) is 8. The molecule has 2 aromatic carbocycles. The van der Waals surface area contributed by atoms with Gasteiger partial charge in [0, 0.05) is 37.0 Å². The van der Waals surface area contributed by atoms with Crippen molar-refractivity contribution in [2.75, 3.05) is 49.4 Å². The largest absolute Gasteiger partial charge is 0.495 e. The Bertz CT molecular complexity index is 1280. The Morgan fingerprint density at radius 3 is 2.78 bits per heavy atom. The highest BCUT2D eigenvalue weighted by molar-refractivity contribution is 7.99. The summed E-state index contributed by atoms with van der Waals surface area (Å²) < 4.78 is 18.8. The van der Waals surface area contributed by atoms with E-state index in [1.165, 1.54) is 11.8 Å².